The molecule has 21 heavy (non-hydrogen) atoms. The fourth-order valence-corrected chi connectivity index (χ4v) is 2.08. The Balaban J connectivity index is 1.93. The maximum Gasteiger partial charge on any atom is 0.226 e. The second kappa shape index (κ2) is 6.24. The van der Waals surface area contributed by atoms with E-state index in [9.17, 15) is 0 Å². The topological polar surface area (TPSA) is 61.3 Å². The normalized spacial score (nSPS) is 10.5. The summed E-state index contributed by atoms with van der Waals surface area (Å²) in [7, 11) is 0. The van der Waals surface area contributed by atoms with Crippen LogP contribution in [0.15, 0.2) is 65.2 Å². The molecule has 0 saturated heterocycles. The lowest BCUT2D eigenvalue weighted by atomic mass is 10.1. The summed E-state index contributed by atoms with van der Waals surface area (Å²) >= 11 is 0. The van der Waals surface area contributed by atoms with Crippen LogP contribution in [0.2, 0.25) is 0 Å². The van der Waals surface area contributed by atoms with E-state index in [2.05, 4.69) is 4.98 Å². The van der Waals surface area contributed by atoms with Crippen molar-refractivity contribution in [1.29, 1.82) is 0 Å². The van der Waals surface area contributed by atoms with E-state index in [1.165, 1.54) is 0 Å². The van der Waals surface area contributed by atoms with E-state index in [0.717, 1.165) is 16.9 Å². The average Bonchev–Trinajstić information content (AvgIpc) is 3.04. The number of rotatable bonds is 5. The van der Waals surface area contributed by atoms with E-state index in [-0.39, 0.29) is 0 Å². The number of benzene rings is 2. The highest BCUT2D eigenvalue weighted by molar-refractivity contribution is 5.67. The Morgan fingerprint density at radius 2 is 1.76 bits per heavy atom. The van der Waals surface area contributed by atoms with Crippen molar-refractivity contribution in [1.82, 2.24) is 4.98 Å². The van der Waals surface area contributed by atoms with Crippen LogP contribution in [0.25, 0.3) is 22.8 Å². The van der Waals surface area contributed by atoms with Crippen molar-refractivity contribution in [2.75, 3.05) is 13.2 Å². The first-order valence-electron chi connectivity index (χ1n) is 6.82. The van der Waals surface area contributed by atoms with Gasteiger partial charge in [0, 0.05) is 12.1 Å². The number of aromatic nitrogens is 1. The second-order valence-electron chi connectivity index (χ2n) is 4.53. The first-order valence-corrected chi connectivity index (χ1v) is 6.82. The molecule has 1 aromatic heterocycles. The predicted octanol–water partition coefficient (Wildman–Crippen LogP) is 3.35. The summed E-state index contributed by atoms with van der Waals surface area (Å²) in [4.78, 5) is 4.34. The van der Waals surface area contributed by atoms with Crippen LogP contribution < -0.4 is 10.5 Å². The van der Waals surface area contributed by atoms with Gasteiger partial charge in [0.05, 0.1) is 11.8 Å². The van der Waals surface area contributed by atoms with Gasteiger partial charge in [0.15, 0.2) is 5.76 Å². The Morgan fingerprint density at radius 1 is 1.00 bits per heavy atom. The highest BCUT2D eigenvalue weighted by Gasteiger charge is 2.12. The van der Waals surface area contributed by atoms with Gasteiger partial charge in [-0.3, -0.25) is 0 Å². The molecular weight excluding hydrogens is 264 g/mol. The van der Waals surface area contributed by atoms with Crippen molar-refractivity contribution in [2.45, 2.75) is 0 Å². The summed E-state index contributed by atoms with van der Waals surface area (Å²) < 4.78 is 11.5. The van der Waals surface area contributed by atoms with Crippen molar-refractivity contribution >= 4 is 0 Å². The summed E-state index contributed by atoms with van der Waals surface area (Å²) in [5, 5.41) is 0. The number of nitrogens with zero attached hydrogens (tertiary/aromatic N) is 1. The standard InChI is InChI=1S/C17H16N2O2/c18-10-11-20-15-9-5-4-8-14(15)16-12-19-17(21-16)13-6-2-1-3-7-13/h1-9,12H,10-11,18H2. The number of ether oxygens (including phenoxy) is 1. The quantitative estimate of drug-likeness (QED) is 0.778. The molecule has 2 aromatic carbocycles. The summed E-state index contributed by atoms with van der Waals surface area (Å²) in [5.74, 6) is 2.03. The molecule has 0 aliphatic carbocycles. The van der Waals surface area contributed by atoms with Crippen molar-refractivity contribution in [2.24, 2.45) is 5.73 Å². The lowest BCUT2D eigenvalue weighted by molar-refractivity contribution is 0.329. The van der Waals surface area contributed by atoms with E-state index in [1.807, 2.05) is 54.6 Å². The Hall–Kier alpha value is -2.59. The molecule has 2 N–H and O–H groups in total. The third-order valence-corrected chi connectivity index (χ3v) is 3.05. The minimum Gasteiger partial charge on any atom is -0.492 e. The Labute approximate surface area is 123 Å². The molecule has 0 atom stereocenters. The third-order valence-electron chi connectivity index (χ3n) is 3.05. The largest absolute Gasteiger partial charge is 0.492 e. The molecule has 3 rings (SSSR count). The summed E-state index contributed by atoms with van der Waals surface area (Å²) in [6.45, 7) is 0.941. The van der Waals surface area contributed by atoms with Gasteiger partial charge in [-0.05, 0) is 24.3 Å². The van der Waals surface area contributed by atoms with Gasteiger partial charge in [0.1, 0.15) is 12.4 Å². The summed E-state index contributed by atoms with van der Waals surface area (Å²) in [6, 6.07) is 17.5. The van der Waals surface area contributed by atoms with Crippen LogP contribution >= 0.6 is 0 Å². The van der Waals surface area contributed by atoms with E-state index in [4.69, 9.17) is 14.9 Å². The highest BCUT2D eigenvalue weighted by Crippen LogP contribution is 2.32. The zero-order chi connectivity index (χ0) is 14.5. The van der Waals surface area contributed by atoms with E-state index in [1.54, 1.807) is 6.20 Å². The van der Waals surface area contributed by atoms with Gasteiger partial charge in [-0.2, -0.15) is 0 Å². The number of para-hydroxylation sites is 1. The fraction of sp³-hybridized carbons (Fsp3) is 0.118. The Kier molecular flexibility index (Phi) is 3.98. The monoisotopic (exact) mass is 280 g/mol. The maximum atomic E-state index is 5.85. The average molecular weight is 280 g/mol. The molecule has 0 bridgehead atoms. The van der Waals surface area contributed by atoms with Gasteiger partial charge in [-0.15, -0.1) is 0 Å². The molecule has 1 heterocycles. The van der Waals surface area contributed by atoms with Gasteiger partial charge in [0.25, 0.3) is 0 Å². The molecule has 106 valence electrons. The number of hydrogen-bond donors (Lipinski definition) is 1. The van der Waals surface area contributed by atoms with Gasteiger partial charge in [-0.25, -0.2) is 4.98 Å². The number of hydrogen-bond acceptors (Lipinski definition) is 4. The van der Waals surface area contributed by atoms with Crippen molar-refractivity contribution in [3.05, 3.63) is 60.8 Å². The molecule has 3 aromatic rings. The van der Waals surface area contributed by atoms with Crippen molar-refractivity contribution in [3.8, 4) is 28.5 Å². The molecule has 0 aliphatic rings. The van der Waals surface area contributed by atoms with Gasteiger partial charge >= 0.3 is 0 Å². The number of nitrogens with two attached hydrogens (primary N) is 1. The smallest absolute Gasteiger partial charge is 0.226 e. The molecule has 0 fully saturated rings. The van der Waals surface area contributed by atoms with Crippen LogP contribution in [-0.2, 0) is 0 Å². The molecule has 0 saturated carbocycles. The summed E-state index contributed by atoms with van der Waals surface area (Å²) in [6.07, 6.45) is 1.72. The van der Waals surface area contributed by atoms with Crippen LogP contribution in [0.4, 0.5) is 0 Å². The van der Waals surface area contributed by atoms with Gasteiger partial charge in [-0.1, -0.05) is 30.3 Å². The maximum absolute atomic E-state index is 5.85. The van der Waals surface area contributed by atoms with Crippen LogP contribution in [-0.4, -0.2) is 18.1 Å². The predicted molar refractivity (Wildman–Crippen MR) is 81.9 cm³/mol. The molecule has 4 heteroatoms. The van der Waals surface area contributed by atoms with Gasteiger partial charge in [0.2, 0.25) is 5.89 Å². The molecule has 0 unspecified atom stereocenters. The van der Waals surface area contributed by atoms with Gasteiger partial charge < -0.3 is 14.9 Å². The van der Waals surface area contributed by atoms with E-state index >= 15 is 0 Å². The highest BCUT2D eigenvalue weighted by atomic mass is 16.5. The molecule has 0 aliphatic heterocycles. The third kappa shape index (κ3) is 2.95. The van der Waals surface area contributed by atoms with Crippen LogP contribution in [0, 0.1) is 0 Å². The SMILES string of the molecule is NCCOc1ccccc1-c1cnc(-c2ccccc2)o1. The lowest BCUT2D eigenvalue weighted by Gasteiger charge is -2.08. The molecule has 0 amide bonds. The van der Waals surface area contributed by atoms with Crippen LogP contribution in [0.3, 0.4) is 0 Å². The fourth-order valence-electron chi connectivity index (χ4n) is 2.08. The minimum atomic E-state index is 0.469. The molecule has 0 spiro atoms. The van der Waals surface area contributed by atoms with E-state index in [0.29, 0.717) is 24.8 Å². The minimum absolute atomic E-state index is 0.469. The van der Waals surface area contributed by atoms with E-state index < -0.39 is 0 Å². The first-order chi connectivity index (χ1) is 10.4. The zero-order valence-corrected chi connectivity index (χ0v) is 11.5. The lowest BCUT2D eigenvalue weighted by Crippen LogP contribution is -2.10. The van der Waals surface area contributed by atoms with Crippen LogP contribution in [0.1, 0.15) is 0 Å². The van der Waals surface area contributed by atoms with Crippen molar-refractivity contribution in [3.63, 3.8) is 0 Å². The first kappa shape index (κ1) is 13.4. The van der Waals surface area contributed by atoms with Crippen molar-refractivity contribution < 1.29 is 9.15 Å². The Morgan fingerprint density at radius 3 is 2.57 bits per heavy atom. The second-order valence-corrected chi connectivity index (χ2v) is 4.53. The Bertz CT molecular complexity index is 708. The molecular formula is C17H16N2O2. The number of oxazole rings is 1. The summed E-state index contributed by atoms with van der Waals surface area (Å²) in [5.41, 5.74) is 7.31. The van der Waals surface area contributed by atoms with Crippen LogP contribution in [0.5, 0.6) is 5.75 Å². The zero-order valence-electron chi connectivity index (χ0n) is 11.5. The molecule has 0 radical (unpaired) electrons. The molecule has 4 nitrogen and oxygen atoms in total.